The van der Waals surface area contributed by atoms with E-state index in [1.165, 1.54) is 24.8 Å². The number of pyridine rings is 1. The number of imidazole rings is 1. The van der Waals surface area contributed by atoms with E-state index in [0.29, 0.717) is 6.04 Å². The second kappa shape index (κ2) is 5.15. The van der Waals surface area contributed by atoms with Gasteiger partial charge in [-0.2, -0.15) is 0 Å². The van der Waals surface area contributed by atoms with E-state index in [9.17, 15) is 0 Å². The number of rotatable bonds is 3. The van der Waals surface area contributed by atoms with E-state index in [2.05, 4.69) is 15.6 Å². The molecule has 0 N–H and O–H groups in total. The van der Waals surface area contributed by atoms with E-state index >= 15 is 0 Å². The minimum atomic E-state index is 0.555. The van der Waals surface area contributed by atoms with Crippen molar-refractivity contribution in [1.29, 1.82) is 0 Å². The van der Waals surface area contributed by atoms with Gasteiger partial charge in [0.25, 0.3) is 0 Å². The van der Waals surface area contributed by atoms with E-state index in [0.717, 1.165) is 28.4 Å². The Balaban J connectivity index is 1.80. The molecule has 1 aliphatic rings. The first-order valence-electron chi connectivity index (χ1n) is 7.37. The molecule has 0 amide bonds. The summed E-state index contributed by atoms with van der Waals surface area (Å²) < 4.78 is 2.33. The number of halogens is 1. The van der Waals surface area contributed by atoms with E-state index in [-0.39, 0.29) is 0 Å². The Morgan fingerprint density at radius 2 is 2.10 bits per heavy atom. The summed E-state index contributed by atoms with van der Waals surface area (Å²) in [6.07, 6.45) is 6.40. The van der Waals surface area contributed by atoms with Crippen LogP contribution in [0.1, 0.15) is 36.7 Å². The number of fused-ring (bicyclic) bond motifs is 1. The Bertz CT molecular complexity index is 790. The molecular formula is C17H16ClN3. The Labute approximate surface area is 128 Å². The predicted molar refractivity (Wildman–Crippen MR) is 84.7 cm³/mol. The third kappa shape index (κ3) is 2.32. The number of aromatic nitrogens is 3. The highest BCUT2D eigenvalue weighted by Crippen LogP contribution is 2.35. The SMILES string of the molecule is Clc1cccc(Cc2nc3cccnc3n2C2CCC2)c1. The molecule has 3 nitrogen and oxygen atoms in total. The van der Waals surface area contributed by atoms with Crippen molar-refractivity contribution >= 4 is 22.8 Å². The lowest BCUT2D eigenvalue weighted by atomic mass is 9.92. The van der Waals surface area contributed by atoms with Gasteiger partial charge in [0.1, 0.15) is 11.3 Å². The Hall–Kier alpha value is -1.87. The second-order valence-electron chi connectivity index (χ2n) is 5.64. The molecule has 0 atom stereocenters. The molecule has 1 aliphatic carbocycles. The van der Waals surface area contributed by atoms with Crippen LogP contribution in [0.3, 0.4) is 0 Å². The number of benzene rings is 1. The third-order valence-electron chi connectivity index (χ3n) is 4.21. The molecule has 0 aliphatic heterocycles. The standard InChI is InChI=1S/C17H16ClN3/c18-13-5-1-4-12(10-13)11-16-20-15-8-3-9-19-17(15)21(16)14-6-2-7-14/h1,3-5,8-10,14H,2,6-7,11H2. The molecule has 2 heterocycles. The molecule has 2 aromatic heterocycles. The molecule has 106 valence electrons. The van der Waals surface area contributed by atoms with E-state index < -0.39 is 0 Å². The lowest BCUT2D eigenvalue weighted by molar-refractivity contribution is 0.313. The molecule has 0 radical (unpaired) electrons. The minimum Gasteiger partial charge on any atom is -0.309 e. The highest BCUT2D eigenvalue weighted by Gasteiger charge is 2.25. The molecule has 0 spiro atoms. The molecule has 4 heteroatoms. The van der Waals surface area contributed by atoms with Gasteiger partial charge in [0.15, 0.2) is 5.65 Å². The van der Waals surface area contributed by atoms with Crippen molar-refractivity contribution < 1.29 is 0 Å². The zero-order chi connectivity index (χ0) is 14.2. The van der Waals surface area contributed by atoms with Crippen LogP contribution in [0.2, 0.25) is 5.02 Å². The Morgan fingerprint density at radius 1 is 1.19 bits per heavy atom. The van der Waals surface area contributed by atoms with Gasteiger partial charge in [0.2, 0.25) is 0 Å². The van der Waals surface area contributed by atoms with Gasteiger partial charge in [-0.25, -0.2) is 9.97 Å². The van der Waals surface area contributed by atoms with Crippen molar-refractivity contribution in [2.75, 3.05) is 0 Å². The van der Waals surface area contributed by atoms with Gasteiger partial charge in [-0.15, -0.1) is 0 Å². The van der Waals surface area contributed by atoms with Crippen LogP contribution in [0.15, 0.2) is 42.6 Å². The molecule has 1 saturated carbocycles. The van der Waals surface area contributed by atoms with Gasteiger partial charge in [0.05, 0.1) is 0 Å². The van der Waals surface area contributed by atoms with Crippen molar-refractivity contribution in [2.24, 2.45) is 0 Å². The van der Waals surface area contributed by atoms with Crippen LogP contribution in [-0.4, -0.2) is 14.5 Å². The van der Waals surface area contributed by atoms with Crippen LogP contribution in [0.4, 0.5) is 0 Å². The molecule has 0 unspecified atom stereocenters. The predicted octanol–water partition coefficient (Wildman–Crippen LogP) is 4.40. The minimum absolute atomic E-state index is 0.555. The first-order chi connectivity index (χ1) is 10.3. The molecule has 1 fully saturated rings. The maximum absolute atomic E-state index is 6.09. The van der Waals surface area contributed by atoms with Crippen molar-refractivity contribution in [3.8, 4) is 0 Å². The Kier molecular flexibility index (Phi) is 3.15. The maximum atomic E-state index is 6.09. The first-order valence-corrected chi connectivity index (χ1v) is 7.75. The van der Waals surface area contributed by atoms with Crippen LogP contribution in [0.25, 0.3) is 11.2 Å². The third-order valence-corrected chi connectivity index (χ3v) is 4.45. The summed E-state index contributed by atoms with van der Waals surface area (Å²) in [5, 5.41) is 0.775. The quantitative estimate of drug-likeness (QED) is 0.717. The first kappa shape index (κ1) is 12.8. The second-order valence-corrected chi connectivity index (χ2v) is 6.07. The molecule has 3 aromatic rings. The normalized spacial score (nSPS) is 15.3. The summed E-state index contributed by atoms with van der Waals surface area (Å²) in [4.78, 5) is 9.34. The molecule has 0 saturated heterocycles. The molecular weight excluding hydrogens is 282 g/mol. The summed E-state index contributed by atoms with van der Waals surface area (Å²) >= 11 is 6.09. The smallest absolute Gasteiger partial charge is 0.160 e. The summed E-state index contributed by atoms with van der Waals surface area (Å²) in [5.74, 6) is 1.09. The lowest BCUT2D eigenvalue weighted by Gasteiger charge is -2.28. The number of hydrogen-bond donors (Lipinski definition) is 0. The van der Waals surface area contributed by atoms with Crippen LogP contribution in [0, 0.1) is 0 Å². The molecule has 4 rings (SSSR count). The van der Waals surface area contributed by atoms with Gasteiger partial charge >= 0.3 is 0 Å². The lowest BCUT2D eigenvalue weighted by Crippen LogP contribution is -2.19. The van der Waals surface area contributed by atoms with Crippen molar-refractivity contribution in [3.05, 3.63) is 59.0 Å². The highest BCUT2D eigenvalue weighted by molar-refractivity contribution is 6.30. The van der Waals surface area contributed by atoms with Crippen molar-refractivity contribution in [2.45, 2.75) is 31.7 Å². The molecule has 0 bridgehead atoms. The van der Waals surface area contributed by atoms with Gasteiger partial charge in [-0.05, 0) is 49.1 Å². The fraction of sp³-hybridized carbons (Fsp3) is 0.294. The van der Waals surface area contributed by atoms with E-state index in [1.807, 2.05) is 36.5 Å². The molecule has 21 heavy (non-hydrogen) atoms. The zero-order valence-corrected chi connectivity index (χ0v) is 12.4. The fourth-order valence-electron chi connectivity index (χ4n) is 2.96. The molecule has 1 aromatic carbocycles. The van der Waals surface area contributed by atoms with Crippen LogP contribution in [-0.2, 0) is 6.42 Å². The van der Waals surface area contributed by atoms with Gasteiger partial charge in [-0.3, -0.25) is 0 Å². The van der Waals surface area contributed by atoms with E-state index in [1.54, 1.807) is 0 Å². The zero-order valence-electron chi connectivity index (χ0n) is 11.7. The van der Waals surface area contributed by atoms with Crippen LogP contribution in [0.5, 0.6) is 0 Å². The summed E-state index contributed by atoms with van der Waals surface area (Å²) in [5.41, 5.74) is 3.19. The summed E-state index contributed by atoms with van der Waals surface area (Å²) in [6, 6.07) is 12.6. The maximum Gasteiger partial charge on any atom is 0.160 e. The van der Waals surface area contributed by atoms with Gasteiger partial charge in [-0.1, -0.05) is 23.7 Å². The summed E-state index contributed by atoms with van der Waals surface area (Å²) in [6.45, 7) is 0. The van der Waals surface area contributed by atoms with Gasteiger partial charge < -0.3 is 4.57 Å². The highest BCUT2D eigenvalue weighted by atomic mass is 35.5. The van der Waals surface area contributed by atoms with Crippen LogP contribution >= 0.6 is 11.6 Å². The Morgan fingerprint density at radius 3 is 2.86 bits per heavy atom. The van der Waals surface area contributed by atoms with Gasteiger partial charge in [0, 0.05) is 23.7 Å². The summed E-state index contributed by atoms with van der Waals surface area (Å²) in [7, 11) is 0. The van der Waals surface area contributed by atoms with Crippen LogP contribution < -0.4 is 0 Å². The average molecular weight is 298 g/mol. The fourth-order valence-corrected chi connectivity index (χ4v) is 3.17. The van der Waals surface area contributed by atoms with E-state index in [4.69, 9.17) is 16.6 Å². The van der Waals surface area contributed by atoms with Crippen molar-refractivity contribution in [1.82, 2.24) is 14.5 Å². The monoisotopic (exact) mass is 297 g/mol. The average Bonchev–Trinajstić information content (AvgIpc) is 2.76. The number of nitrogens with zero attached hydrogens (tertiary/aromatic N) is 3. The van der Waals surface area contributed by atoms with Crippen molar-refractivity contribution in [3.63, 3.8) is 0 Å². The largest absolute Gasteiger partial charge is 0.309 e. The topological polar surface area (TPSA) is 30.7 Å². The number of hydrogen-bond acceptors (Lipinski definition) is 2.